The van der Waals surface area contributed by atoms with E-state index < -0.39 is 20.0 Å². The molecule has 1 aromatic carbocycles. The van der Waals surface area contributed by atoms with Crippen LogP contribution in [0.15, 0.2) is 30.3 Å². The summed E-state index contributed by atoms with van der Waals surface area (Å²) in [6.07, 6.45) is 0. The number of halogens is 1. The van der Waals surface area contributed by atoms with Crippen LogP contribution in [0, 0.1) is 0 Å². The Hall–Kier alpha value is 0.309. The molecule has 0 heterocycles. The Kier molecular flexibility index (Phi) is 3.44. The van der Waals surface area contributed by atoms with Crippen molar-refractivity contribution in [3.8, 4) is 0 Å². The van der Waals surface area contributed by atoms with E-state index in [1.807, 2.05) is 6.07 Å². The zero-order chi connectivity index (χ0) is 6.53. The van der Waals surface area contributed by atoms with Gasteiger partial charge in [-0.3, -0.25) is 0 Å². The number of hydrogen-bond acceptors (Lipinski definition) is 0. The molecule has 1 aromatic rings. The van der Waals surface area contributed by atoms with Crippen LogP contribution in [0.5, 0.6) is 0 Å². The van der Waals surface area contributed by atoms with Gasteiger partial charge in [-0.2, -0.15) is 0 Å². The SMILES string of the molecule is [Cl][Sn][CH2]c1ccccc1. The van der Waals surface area contributed by atoms with Crippen molar-refractivity contribution in [2.75, 3.05) is 0 Å². The van der Waals surface area contributed by atoms with E-state index in [9.17, 15) is 0 Å². The Bertz CT molecular complexity index is 162. The summed E-state index contributed by atoms with van der Waals surface area (Å²) in [4.78, 5) is 0. The number of benzene rings is 1. The fraction of sp³-hybridized carbons (Fsp3) is 0.143. The van der Waals surface area contributed by atoms with E-state index in [1.165, 1.54) is 5.56 Å². The maximum absolute atomic E-state index is 5.71. The molecule has 0 spiro atoms. The second kappa shape index (κ2) is 4.18. The van der Waals surface area contributed by atoms with Crippen LogP contribution >= 0.6 is 8.92 Å². The normalized spacial score (nSPS) is 9.44. The van der Waals surface area contributed by atoms with E-state index >= 15 is 0 Å². The first-order chi connectivity index (χ1) is 4.43. The van der Waals surface area contributed by atoms with Crippen molar-refractivity contribution in [1.82, 2.24) is 0 Å². The molecule has 0 saturated carbocycles. The van der Waals surface area contributed by atoms with Crippen LogP contribution in [0.3, 0.4) is 0 Å². The molecule has 1 rings (SSSR count). The second-order valence-corrected chi connectivity index (χ2v) is 5.36. The summed E-state index contributed by atoms with van der Waals surface area (Å²) in [5.74, 6) is 0. The van der Waals surface area contributed by atoms with E-state index in [2.05, 4.69) is 24.3 Å². The maximum atomic E-state index is 5.71. The Balaban J connectivity index is 2.61. The van der Waals surface area contributed by atoms with Gasteiger partial charge in [-0.1, -0.05) is 0 Å². The minimum atomic E-state index is -0.542. The molecule has 0 fully saturated rings. The van der Waals surface area contributed by atoms with Gasteiger partial charge in [-0.15, -0.1) is 0 Å². The van der Waals surface area contributed by atoms with Crippen molar-refractivity contribution in [2.45, 2.75) is 4.44 Å². The summed E-state index contributed by atoms with van der Waals surface area (Å²) in [7, 11) is 5.71. The number of hydrogen-bond donors (Lipinski definition) is 0. The molecular weight excluding hydrogens is 238 g/mol. The Morgan fingerprint density at radius 2 is 1.89 bits per heavy atom. The molecule has 0 amide bonds. The van der Waals surface area contributed by atoms with Gasteiger partial charge in [-0.25, -0.2) is 0 Å². The van der Waals surface area contributed by atoms with Gasteiger partial charge in [0.05, 0.1) is 0 Å². The Morgan fingerprint density at radius 3 is 2.44 bits per heavy atom. The van der Waals surface area contributed by atoms with Crippen molar-refractivity contribution in [2.24, 2.45) is 0 Å². The topological polar surface area (TPSA) is 0 Å². The van der Waals surface area contributed by atoms with Crippen molar-refractivity contribution in [3.63, 3.8) is 0 Å². The summed E-state index contributed by atoms with van der Waals surface area (Å²) in [5, 5.41) is 0. The monoisotopic (exact) mass is 246 g/mol. The van der Waals surface area contributed by atoms with E-state index in [0.29, 0.717) is 0 Å². The summed E-state index contributed by atoms with van der Waals surface area (Å²) in [5.41, 5.74) is 1.39. The van der Waals surface area contributed by atoms with Gasteiger partial charge in [0.1, 0.15) is 0 Å². The molecule has 2 radical (unpaired) electrons. The zero-order valence-electron chi connectivity index (χ0n) is 4.97. The van der Waals surface area contributed by atoms with Crippen LogP contribution in [-0.2, 0) is 4.44 Å². The second-order valence-electron chi connectivity index (χ2n) is 1.80. The predicted molar refractivity (Wildman–Crippen MR) is 41.8 cm³/mol. The fourth-order valence-corrected chi connectivity index (χ4v) is 2.82. The molecule has 0 aliphatic heterocycles. The van der Waals surface area contributed by atoms with Gasteiger partial charge < -0.3 is 0 Å². The van der Waals surface area contributed by atoms with Crippen LogP contribution in [0.25, 0.3) is 0 Å². The van der Waals surface area contributed by atoms with E-state index in [0.717, 1.165) is 4.44 Å². The summed E-state index contributed by atoms with van der Waals surface area (Å²) in [6, 6.07) is 10.4. The fourth-order valence-electron chi connectivity index (χ4n) is 0.673. The summed E-state index contributed by atoms with van der Waals surface area (Å²) < 4.78 is 1.14. The summed E-state index contributed by atoms with van der Waals surface area (Å²) in [6.45, 7) is 0. The number of rotatable bonds is 2. The van der Waals surface area contributed by atoms with Crippen molar-refractivity contribution >= 4 is 28.9 Å². The molecule has 0 aliphatic rings. The third-order valence-electron chi connectivity index (χ3n) is 1.11. The quantitative estimate of drug-likeness (QED) is 0.700. The predicted octanol–water partition coefficient (Wildman–Crippen LogP) is 2.04. The Labute approximate surface area is 69.2 Å². The van der Waals surface area contributed by atoms with Crippen LogP contribution in [0.2, 0.25) is 0 Å². The van der Waals surface area contributed by atoms with Gasteiger partial charge >= 0.3 is 69.3 Å². The van der Waals surface area contributed by atoms with E-state index in [1.54, 1.807) is 0 Å². The molecule has 46 valence electrons. The van der Waals surface area contributed by atoms with Gasteiger partial charge in [0.25, 0.3) is 0 Å². The minimum absolute atomic E-state index is 0.542. The third kappa shape index (κ3) is 2.59. The average Bonchev–Trinajstić information content (AvgIpc) is 1.91. The Morgan fingerprint density at radius 1 is 1.22 bits per heavy atom. The molecular formula is C7H7ClSn. The molecule has 0 N–H and O–H groups in total. The van der Waals surface area contributed by atoms with Gasteiger partial charge in [-0.05, 0) is 0 Å². The van der Waals surface area contributed by atoms with Crippen LogP contribution in [-0.4, -0.2) is 20.0 Å². The van der Waals surface area contributed by atoms with Crippen molar-refractivity contribution in [3.05, 3.63) is 35.9 Å². The van der Waals surface area contributed by atoms with Crippen molar-refractivity contribution < 1.29 is 0 Å². The van der Waals surface area contributed by atoms with Crippen LogP contribution in [0.4, 0.5) is 0 Å². The van der Waals surface area contributed by atoms with Gasteiger partial charge in [0, 0.05) is 0 Å². The summed E-state index contributed by atoms with van der Waals surface area (Å²) >= 11 is -0.542. The average molecular weight is 245 g/mol. The standard InChI is InChI=1S/C7H7.ClH.Sn/c1-7-5-3-2-4-6-7;;/h2-6H,1H2;1H;/q;;+1/p-1. The van der Waals surface area contributed by atoms with E-state index in [4.69, 9.17) is 8.92 Å². The molecule has 2 heteroatoms. The molecule has 0 aliphatic carbocycles. The molecule has 0 atom stereocenters. The van der Waals surface area contributed by atoms with Crippen LogP contribution in [0.1, 0.15) is 5.56 Å². The van der Waals surface area contributed by atoms with Crippen molar-refractivity contribution in [1.29, 1.82) is 0 Å². The van der Waals surface area contributed by atoms with E-state index in [-0.39, 0.29) is 0 Å². The molecule has 0 saturated heterocycles. The molecule has 0 nitrogen and oxygen atoms in total. The first-order valence-corrected chi connectivity index (χ1v) is 8.44. The molecule has 0 aromatic heterocycles. The first-order valence-electron chi connectivity index (χ1n) is 2.81. The molecule has 9 heavy (non-hydrogen) atoms. The first kappa shape index (κ1) is 7.42. The third-order valence-corrected chi connectivity index (χ3v) is 3.56. The van der Waals surface area contributed by atoms with Crippen LogP contribution < -0.4 is 0 Å². The molecule has 0 unspecified atom stereocenters. The van der Waals surface area contributed by atoms with Gasteiger partial charge in [0.15, 0.2) is 0 Å². The van der Waals surface area contributed by atoms with Gasteiger partial charge in [0.2, 0.25) is 0 Å². The molecule has 0 bridgehead atoms. The zero-order valence-corrected chi connectivity index (χ0v) is 8.58.